The maximum atomic E-state index is 12.5. The third-order valence-electron chi connectivity index (χ3n) is 3.41. The summed E-state index contributed by atoms with van der Waals surface area (Å²) in [5, 5.41) is 2.65. The molecule has 1 fully saturated rings. The summed E-state index contributed by atoms with van der Waals surface area (Å²) in [5.41, 5.74) is 6.46. The Hall–Kier alpha value is -1.44. The highest BCUT2D eigenvalue weighted by Gasteiger charge is 2.35. The van der Waals surface area contributed by atoms with E-state index >= 15 is 0 Å². The molecule has 110 valence electrons. The van der Waals surface area contributed by atoms with E-state index in [1.165, 1.54) is 4.31 Å². The molecule has 3 N–H and O–H groups in total. The van der Waals surface area contributed by atoms with Crippen LogP contribution in [0.1, 0.15) is 12.5 Å². The third-order valence-corrected chi connectivity index (χ3v) is 5.39. The number of amides is 1. The molecule has 0 saturated carbocycles. The number of carbonyl (C=O) groups excluding carboxylic acids is 1. The zero-order valence-corrected chi connectivity index (χ0v) is 12.2. The van der Waals surface area contributed by atoms with Crippen LogP contribution in [0.4, 0.5) is 0 Å². The van der Waals surface area contributed by atoms with E-state index in [0.29, 0.717) is 26.1 Å². The predicted molar refractivity (Wildman–Crippen MR) is 75.6 cm³/mol. The Morgan fingerprint density at radius 2 is 2.00 bits per heavy atom. The Morgan fingerprint density at radius 3 is 2.60 bits per heavy atom. The Balaban J connectivity index is 2.27. The summed E-state index contributed by atoms with van der Waals surface area (Å²) in [7, 11) is -3.63. The minimum atomic E-state index is -3.63. The number of rotatable bonds is 4. The van der Waals surface area contributed by atoms with E-state index in [9.17, 15) is 13.2 Å². The average molecular weight is 297 g/mol. The number of piperazine rings is 1. The lowest BCUT2D eigenvalue weighted by atomic mass is 10.2. The lowest BCUT2D eigenvalue weighted by molar-refractivity contribution is -0.126. The van der Waals surface area contributed by atoms with Crippen LogP contribution in [0.3, 0.4) is 0 Å². The normalized spacial score (nSPS) is 20.7. The topological polar surface area (TPSA) is 92.5 Å². The zero-order valence-electron chi connectivity index (χ0n) is 11.4. The van der Waals surface area contributed by atoms with Crippen molar-refractivity contribution in [2.75, 3.05) is 19.6 Å². The molecule has 1 saturated heterocycles. The molecule has 1 aliphatic rings. The van der Waals surface area contributed by atoms with Gasteiger partial charge in [-0.05, 0) is 37.6 Å². The lowest BCUT2D eigenvalue weighted by Gasteiger charge is -2.31. The third kappa shape index (κ3) is 2.84. The van der Waals surface area contributed by atoms with Crippen LogP contribution in [-0.2, 0) is 21.2 Å². The molecule has 0 spiro atoms. The van der Waals surface area contributed by atoms with Crippen molar-refractivity contribution in [2.24, 2.45) is 5.73 Å². The SMILES string of the molecule is CC1C(=O)NCCN1S(=O)(=O)c1ccc(CCN)cc1. The van der Waals surface area contributed by atoms with Gasteiger partial charge < -0.3 is 11.1 Å². The predicted octanol–water partition coefficient (Wildman–Crippen LogP) is -0.303. The largest absolute Gasteiger partial charge is 0.353 e. The van der Waals surface area contributed by atoms with Gasteiger partial charge in [-0.1, -0.05) is 12.1 Å². The van der Waals surface area contributed by atoms with E-state index in [0.717, 1.165) is 5.56 Å². The van der Waals surface area contributed by atoms with Crippen molar-refractivity contribution in [2.45, 2.75) is 24.3 Å². The van der Waals surface area contributed by atoms with Crippen molar-refractivity contribution < 1.29 is 13.2 Å². The molecule has 1 aromatic carbocycles. The first-order valence-electron chi connectivity index (χ1n) is 6.55. The molecule has 20 heavy (non-hydrogen) atoms. The summed E-state index contributed by atoms with van der Waals surface area (Å²) in [6, 6.07) is 5.97. The van der Waals surface area contributed by atoms with E-state index in [-0.39, 0.29) is 10.8 Å². The lowest BCUT2D eigenvalue weighted by Crippen LogP contribution is -2.55. The molecular weight excluding hydrogens is 278 g/mol. The fourth-order valence-electron chi connectivity index (χ4n) is 2.22. The van der Waals surface area contributed by atoms with Crippen molar-refractivity contribution in [1.29, 1.82) is 0 Å². The van der Waals surface area contributed by atoms with Gasteiger partial charge in [0, 0.05) is 13.1 Å². The Morgan fingerprint density at radius 1 is 1.35 bits per heavy atom. The van der Waals surface area contributed by atoms with Crippen LogP contribution < -0.4 is 11.1 Å². The van der Waals surface area contributed by atoms with E-state index in [2.05, 4.69) is 5.32 Å². The van der Waals surface area contributed by atoms with Crippen LogP contribution in [0.5, 0.6) is 0 Å². The number of hydrogen-bond acceptors (Lipinski definition) is 4. The molecule has 1 amide bonds. The molecule has 1 unspecified atom stereocenters. The quantitative estimate of drug-likeness (QED) is 0.798. The second kappa shape index (κ2) is 5.90. The standard InChI is InChI=1S/C13H19N3O3S/c1-10-13(17)15-8-9-16(10)20(18,19)12-4-2-11(3-5-12)6-7-14/h2-5,10H,6-9,14H2,1H3,(H,15,17). The Labute approximate surface area is 119 Å². The van der Waals surface area contributed by atoms with E-state index in [4.69, 9.17) is 5.73 Å². The van der Waals surface area contributed by atoms with Gasteiger partial charge >= 0.3 is 0 Å². The molecule has 1 atom stereocenters. The van der Waals surface area contributed by atoms with Gasteiger partial charge in [-0.3, -0.25) is 4.79 Å². The van der Waals surface area contributed by atoms with E-state index < -0.39 is 16.1 Å². The van der Waals surface area contributed by atoms with Crippen LogP contribution in [0, 0.1) is 0 Å². The van der Waals surface area contributed by atoms with Gasteiger partial charge in [0.25, 0.3) is 0 Å². The van der Waals surface area contributed by atoms with Gasteiger partial charge in [-0.15, -0.1) is 0 Å². The summed E-state index contributed by atoms with van der Waals surface area (Å²) < 4.78 is 26.3. The summed E-state index contributed by atoms with van der Waals surface area (Å²) in [6.07, 6.45) is 0.711. The molecule has 7 heteroatoms. The van der Waals surface area contributed by atoms with Crippen molar-refractivity contribution in [3.8, 4) is 0 Å². The van der Waals surface area contributed by atoms with Crippen molar-refractivity contribution >= 4 is 15.9 Å². The van der Waals surface area contributed by atoms with E-state index in [1.54, 1.807) is 31.2 Å². The van der Waals surface area contributed by atoms with Gasteiger partial charge in [0.05, 0.1) is 4.90 Å². The van der Waals surface area contributed by atoms with Crippen molar-refractivity contribution in [3.63, 3.8) is 0 Å². The van der Waals surface area contributed by atoms with Gasteiger partial charge in [0.15, 0.2) is 0 Å². The van der Waals surface area contributed by atoms with Crippen molar-refractivity contribution in [1.82, 2.24) is 9.62 Å². The minimum Gasteiger partial charge on any atom is -0.353 e. The Bertz CT molecular complexity index is 583. The first kappa shape index (κ1) is 15.0. The molecule has 6 nitrogen and oxygen atoms in total. The van der Waals surface area contributed by atoms with Crippen LogP contribution >= 0.6 is 0 Å². The van der Waals surface area contributed by atoms with Gasteiger partial charge in [-0.25, -0.2) is 8.42 Å². The monoisotopic (exact) mass is 297 g/mol. The highest BCUT2D eigenvalue weighted by atomic mass is 32.2. The number of nitrogens with one attached hydrogen (secondary N) is 1. The second-order valence-corrected chi connectivity index (χ2v) is 6.66. The highest BCUT2D eigenvalue weighted by molar-refractivity contribution is 7.89. The number of nitrogens with zero attached hydrogens (tertiary/aromatic N) is 1. The molecule has 0 bridgehead atoms. The minimum absolute atomic E-state index is 0.208. The van der Waals surface area contributed by atoms with Gasteiger partial charge in [0.2, 0.25) is 15.9 Å². The summed E-state index contributed by atoms with van der Waals surface area (Å²) in [5.74, 6) is -0.264. The summed E-state index contributed by atoms with van der Waals surface area (Å²) >= 11 is 0. The molecule has 1 aromatic rings. The molecule has 0 radical (unpaired) electrons. The Kier molecular flexibility index (Phi) is 4.42. The van der Waals surface area contributed by atoms with E-state index in [1.807, 2.05) is 0 Å². The molecule has 1 heterocycles. The van der Waals surface area contributed by atoms with Crippen molar-refractivity contribution in [3.05, 3.63) is 29.8 Å². The first-order valence-corrected chi connectivity index (χ1v) is 7.99. The van der Waals surface area contributed by atoms with Crippen LogP contribution in [0.15, 0.2) is 29.2 Å². The molecular formula is C13H19N3O3S. The number of carbonyl (C=O) groups is 1. The maximum Gasteiger partial charge on any atom is 0.243 e. The molecule has 1 aliphatic heterocycles. The molecule has 0 aliphatic carbocycles. The number of sulfonamides is 1. The van der Waals surface area contributed by atoms with Crippen LogP contribution in [0.2, 0.25) is 0 Å². The number of hydrogen-bond donors (Lipinski definition) is 2. The number of nitrogens with two attached hydrogens (primary N) is 1. The second-order valence-electron chi connectivity index (χ2n) is 4.77. The zero-order chi connectivity index (χ0) is 14.8. The number of benzene rings is 1. The maximum absolute atomic E-state index is 12.5. The van der Waals surface area contributed by atoms with Crippen LogP contribution in [-0.4, -0.2) is 44.3 Å². The average Bonchev–Trinajstić information content (AvgIpc) is 2.42. The highest BCUT2D eigenvalue weighted by Crippen LogP contribution is 2.20. The molecule has 2 rings (SSSR count). The summed E-state index contributed by atoms with van der Waals surface area (Å²) in [4.78, 5) is 11.8. The molecule has 0 aromatic heterocycles. The fourth-order valence-corrected chi connectivity index (χ4v) is 3.81. The fraction of sp³-hybridized carbons (Fsp3) is 0.462. The van der Waals surface area contributed by atoms with Gasteiger partial charge in [-0.2, -0.15) is 4.31 Å². The first-order chi connectivity index (χ1) is 9.46. The van der Waals surface area contributed by atoms with Gasteiger partial charge in [0.1, 0.15) is 6.04 Å². The summed E-state index contributed by atoms with van der Waals surface area (Å²) in [6.45, 7) is 2.75. The van der Waals surface area contributed by atoms with Crippen LogP contribution in [0.25, 0.3) is 0 Å². The smallest absolute Gasteiger partial charge is 0.243 e.